The van der Waals surface area contributed by atoms with Gasteiger partial charge < -0.3 is 4.74 Å². The predicted octanol–water partition coefficient (Wildman–Crippen LogP) is 2.65. The first kappa shape index (κ1) is 11.9. The Balaban J connectivity index is 2.22. The van der Waals surface area contributed by atoms with E-state index in [2.05, 4.69) is 0 Å². The highest BCUT2D eigenvalue weighted by Gasteiger charge is 1.96. The lowest BCUT2D eigenvalue weighted by molar-refractivity contribution is -0.137. The number of thioether (sulfide) groups is 1. The van der Waals surface area contributed by atoms with Crippen molar-refractivity contribution in [2.45, 2.75) is 6.42 Å². The first-order valence-electron chi connectivity index (χ1n) is 4.73. The molecule has 0 bridgehead atoms. The molecule has 0 aromatic heterocycles. The van der Waals surface area contributed by atoms with Crippen LogP contribution in [0.15, 0.2) is 41.8 Å². The molecule has 1 rings (SSSR count). The van der Waals surface area contributed by atoms with Gasteiger partial charge in [0.25, 0.3) is 0 Å². The average molecular weight is 222 g/mol. The zero-order chi connectivity index (χ0) is 10.9. The molecule has 0 amide bonds. The van der Waals surface area contributed by atoms with Crippen molar-refractivity contribution in [2.75, 3.05) is 12.9 Å². The normalized spacial score (nSPS) is 10.5. The standard InChI is InChI=1S/C12H14O2S/c1-15-10-8-12(13)14-9-7-11-5-3-2-4-6-11/h2-6,8,10H,7,9H2,1H3. The van der Waals surface area contributed by atoms with Crippen LogP contribution in [0, 0.1) is 0 Å². The maximum absolute atomic E-state index is 11.1. The van der Waals surface area contributed by atoms with E-state index in [1.165, 1.54) is 23.4 Å². The molecule has 0 heterocycles. The number of esters is 1. The van der Waals surface area contributed by atoms with Crippen molar-refractivity contribution in [2.24, 2.45) is 0 Å². The van der Waals surface area contributed by atoms with E-state index in [1.54, 1.807) is 5.41 Å². The molecule has 1 aromatic carbocycles. The second-order valence-corrected chi connectivity index (χ2v) is 3.69. The summed E-state index contributed by atoms with van der Waals surface area (Å²) in [5, 5.41) is 1.71. The van der Waals surface area contributed by atoms with E-state index in [-0.39, 0.29) is 5.97 Å². The van der Waals surface area contributed by atoms with Gasteiger partial charge in [-0.2, -0.15) is 0 Å². The minimum absolute atomic E-state index is 0.278. The summed E-state index contributed by atoms with van der Waals surface area (Å²) >= 11 is 1.48. The van der Waals surface area contributed by atoms with Gasteiger partial charge in [0.05, 0.1) is 6.61 Å². The van der Waals surface area contributed by atoms with Gasteiger partial charge in [-0.3, -0.25) is 0 Å². The van der Waals surface area contributed by atoms with Crippen molar-refractivity contribution in [3.63, 3.8) is 0 Å². The van der Waals surface area contributed by atoms with E-state index in [1.807, 2.05) is 36.6 Å². The van der Waals surface area contributed by atoms with E-state index >= 15 is 0 Å². The summed E-state index contributed by atoms with van der Waals surface area (Å²) in [6, 6.07) is 9.96. The maximum Gasteiger partial charge on any atom is 0.331 e. The highest BCUT2D eigenvalue weighted by molar-refractivity contribution is 8.01. The molecular weight excluding hydrogens is 208 g/mol. The van der Waals surface area contributed by atoms with Gasteiger partial charge in [0.2, 0.25) is 0 Å². The summed E-state index contributed by atoms with van der Waals surface area (Å²) in [5.74, 6) is -0.278. The number of benzene rings is 1. The van der Waals surface area contributed by atoms with Gasteiger partial charge in [0.15, 0.2) is 0 Å². The van der Waals surface area contributed by atoms with Gasteiger partial charge in [0, 0.05) is 12.5 Å². The van der Waals surface area contributed by atoms with Gasteiger partial charge in [-0.25, -0.2) is 4.79 Å². The van der Waals surface area contributed by atoms with Gasteiger partial charge in [-0.05, 0) is 17.2 Å². The minimum Gasteiger partial charge on any atom is -0.462 e. The lowest BCUT2D eigenvalue weighted by Gasteiger charge is -2.01. The topological polar surface area (TPSA) is 26.3 Å². The first-order chi connectivity index (χ1) is 7.33. The number of ether oxygens (including phenoxy) is 1. The van der Waals surface area contributed by atoms with Gasteiger partial charge in [-0.15, -0.1) is 11.8 Å². The number of hydrogen-bond donors (Lipinski definition) is 0. The SMILES string of the molecule is CSC=CC(=O)OCCc1ccccc1. The smallest absolute Gasteiger partial charge is 0.331 e. The minimum atomic E-state index is -0.278. The molecule has 1 aromatic rings. The third-order valence-corrected chi connectivity index (χ3v) is 2.23. The fourth-order valence-corrected chi connectivity index (χ4v) is 1.33. The van der Waals surface area contributed by atoms with Crippen LogP contribution < -0.4 is 0 Å². The van der Waals surface area contributed by atoms with Crippen LogP contribution in [0.3, 0.4) is 0 Å². The average Bonchev–Trinajstić information content (AvgIpc) is 2.28. The molecule has 80 valence electrons. The number of carbonyl (C=O) groups excluding carboxylic acids is 1. The van der Waals surface area contributed by atoms with Crippen molar-refractivity contribution in [1.29, 1.82) is 0 Å². The molecule has 0 N–H and O–H groups in total. The molecule has 15 heavy (non-hydrogen) atoms. The number of carbonyl (C=O) groups is 1. The molecule has 0 aliphatic carbocycles. The summed E-state index contributed by atoms with van der Waals surface area (Å²) in [7, 11) is 0. The fraction of sp³-hybridized carbons (Fsp3) is 0.250. The Bertz CT molecular complexity index is 320. The molecule has 0 spiro atoms. The van der Waals surface area contributed by atoms with Crippen molar-refractivity contribution in [3.8, 4) is 0 Å². The molecule has 0 fully saturated rings. The quantitative estimate of drug-likeness (QED) is 0.566. The molecule has 3 heteroatoms. The Morgan fingerprint density at radius 2 is 2.13 bits per heavy atom. The van der Waals surface area contributed by atoms with E-state index < -0.39 is 0 Å². The molecule has 0 aliphatic rings. The Labute approximate surface area is 94.3 Å². The summed E-state index contributed by atoms with van der Waals surface area (Å²) < 4.78 is 5.01. The van der Waals surface area contributed by atoms with E-state index in [0.717, 1.165) is 6.42 Å². The Hall–Kier alpha value is -1.22. The molecule has 2 nitrogen and oxygen atoms in total. The van der Waals surface area contributed by atoms with Crippen LogP contribution in [0.25, 0.3) is 0 Å². The second kappa shape index (κ2) is 7.12. The van der Waals surface area contributed by atoms with Gasteiger partial charge in [0.1, 0.15) is 0 Å². The summed E-state index contributed by atoms with van der Waals surface area (Å²) in [5.41, 5.74) is 1.18. The Morgan fingerprint density at radius 3 is 2.80 bits per heavy atom. The highest BCUT2D eigenvalue weighted by Crippen LogP contribution is 2.00. The van der Waals surface area contributed by atoms with Crippen molar-refractivity contribution >= 4 is 17.7 Å². The highest BCUT2D eigenvalue weighted by atomic mass is 32.2. The van der Waals surface area contributed by atoms with Crippen molar-refractivity contribution in [1.82, 2.24) is 0 Å². The monoisotopic (exact) mass is 222 g/mol. The van der Waals surface area contributed by atoms with Crippen LogP contribution >= 0.6 is 11.8 Å². The molecule has 0 unspecified atom stereocenters. The fourth-order valence-electron chi connectivity index (χ4n) is 1.09. The number of rotatable bonds is 5. The van der Waals surface area contributed by atoms with Crippen LogP contribution in [0.1, 0.15) is 5.56 Å². The molecule has 0 radical (unpaired) electrons. The lowest BCUT2D eigenvalue weighted by Crippen LogP contribution is -2.04. The lowest BCUT2D eigenvalue weighted by atomic mass is 10.2. The van der Waals surface area contributed by atoms with E-state index in [4.69, 9.17) is 4.74 Å². The van der Waals surface area contributed by atoms with Crippen LogP contribution in [0.2, 0.25) is 0 Å². The molecule has 0 saturated carbocycles. The van der Waals surface area contributed by atoms with Crippen LogP contribution in [0.4, 0.5) is 0 Å². The van der Waals surface area contributed by atoms with E-state index in [0.29, 0.717) is 6.61 Å². The number of hydrogen-bond acceptors (Lipinski definition) is 3. The van der Waals surface area contributed by atoms with E-state index in [9.17, 15) is 4.79 Å². The van der Waals surface area contributed by atoms with Crippen LogP contribution in [0.5, 0.6) is 0 Å². The van der Waals surface area contributed by atoms with Crippen molar-refractivity contribution < 1.29 is 9.53 Å². The maximum atomic E-state index is 11.1. The summed E-state index contributed by atoms with van der Waals surface area (Å²) in [4.78, 5) is 11.1. The van der Waals surface area contributed by atoms with Gasteiger partial charge >= 0.3 is 5.97 Å². The molecular formula is C12H14O2S. The van der Waals surface area contributed by atoms with Gasteiger partial charge in [-0.1, -0.05) is 30.3 Å². The second-order valence-electron chi connectivity index (χ2n) is 2.94. The Morgan fingerprint density at radius 1 is 1.40 bits per heavy atom. The third-order valence-electron chi connectivity index (χ3n) is 1.82. The Kier molecular flexibility index (Phi) is 5.63. The largest absolute Gasteiger partial charge is 0.462 e. The first-order valence-corrected chi connectivity index (χ1v) is 6.02. The molecule has 0 saturated heterocycles. The summed E-state index contributed by atoms with van der Waals surface area (Å²) in [6.45, 7) is 0.432. The predicted molar refractivity (Wildman–Crippen MR) is 63.8 cm³/mol. The molecule has 0 atom stereocenters. The third kappa shape index (κ3) is 5.27. The van der Waals surface area contributed by atoms with Crippen LogP contribution in [-0.2, 0) is 16.0 Å². The van der Waals surface area contributed by atoms with Crippen molar-refractivity contribution in [3.05, 3.63) is 47.4 Å². The zero-order valence-electron chi connectivity index (χ0n) is 8.68. The zero-order valence-corrected chi connectivity index (χ0v) is 9.50. The molecule has 0 aliphatic heterocycles. The van der Waals surface area contributed by atoms with Crippen LogP contribution in [-0.4, -0.2) is 18.8 Å². The summed E-state index contributed by atoms with van der Waals surface area (Å²) in [6.07, 6.45) is 4.10.